The highest BCUT2D eigenvalue weighted by Crippen LogP contribution is 2.54. The van der Waals surface area contributed by atoms with Gasteiger partial charge in [-0.1, -0.05) is 81.5 Å². The van der Waals surface area contributed by atoms with E-state index in [9.17, 15) is 19.2 Å². The number of thiazole rings is 1. The highest BCUT2D eigenvalue weighted by molar-refractivity contribution is 9.10. The zero-order valence-corrected chi connectivity index (χ0v) is 26.4. The van der Waals surface area contributed by atoms with Gasteiger partial charge >= 0.3 is 4.87 Å². The van der Waals surface area contributed by atoms with Crippen molar-refractivity contribution in [2.75, 3.05) is 17.3 Å². The maximum atomic E-state index is 14.1. The Labute approximate surface area is 268 Å². The lowest BCUT2D eigenvalue weighted by Crippen LogP contribution is -2.33. The third-order valence-corrected chi connectivity index (χ3v) is 11.0. The summed E-state index contributed by atoms with van der Waals surface area (Å²) in [7, 11) is 1.55. The van der Waals surface area contributed by atoms with Crippen LogP contribution < -0.4 is 19.8 Å². The molecule has 11 heteroatoms. The van der Waals surface area contributed by atoms with Crippen LogP contribution in [0.2, 0.25) is 0 Å². The van der Waals surface area contributed by atoms with Gasteiger partial charge in [-0.25, -0.2) is 4.90 Å². The molecule has 2 aliphatic rings. The quantitative estimate of drug-likeness (QED) is 0.212. The number of carbonyl (C=O) groups is 3. The maximum Gasteiger partial charge on any atom is 0.308 e. The van der Waals surface area contributed by atoms with E-state index in [1.165, 1.54) is 21.2 Å². The van der Waals surface area contributed by atoms with Gasteiger partial charge in [-0.15, -0.1) is 0 Å². The number of rotatable bonds is 6. The predicted molar refractivity (Wildman–Crippen MR) is 176 cm³/mol. The molecule has 0 saturated carbocycles. The number of carbonyl (C=O) groups excluding carboxylic acids is 3. The van der Waals surface area contributed by atoms with E-state index < -0.39 is 17.1 Å². The minimum absolute atomic E-state index is 0.225. The first-order chi connectivity index (χ1) is 21.3. The van der Waals surface area contributed by atoms with E-state index in [1.807, 2.05) is 66.7 Å². The standard InChI is InChI=1S/C33H24BrN3O5S2/c1-42-24-13-11-23(12-14-24)37-30(39)27-26(20-7-4-8-21(34)15-20)29-32(43-28(27)31(37)40)36(33(41)44-29)17-25(38)35-22-10-9-18-5-2-3-6-19(18)16-22/h2-16,26-28H,17H2,1H3,(H,35,38)/t26-,27?,28?/m1/s1. The number of fused-ring (bicyclic) bond motifs is 3. The van der Waals surface area contributed by atoms with Crippen molar-refractivity contribution in [3.05, 3.63) is 116 Å². The van der Waals surface area contributed by atoms with Crippen LogP contribution in [0.4, 0.5) is 11.4 Å². The molecule has 3 heterocycles. The molecule has 1 N–H and O–H groups in total. The lowest BCUT2D eigenvalue weighted by molar-refractivity contribution is -0.122. The van der Waals surface area contributed by atoms with E-state index in [4.69, 9.17) is 4.74 Å². The summed E-state index contributed by atoms with van der Waals surface area (Å²) in [5, 5.41) is 4.71. The second-order valence-electron chi connectivity index (χ2n) is 10.5. The third kappa shape index (κ3) is 4.94. The Bertz CT molecular complexity index is 2020. The van der Waals surface area contributed by atoms with Gasteiger partial charge in [0.15, 0.2) is 0 Å². The van der Waals surface area contributed by atoms with Crippen molar-refractivity contribution in [3.8, 4) is 5.75 Å². The van der Waals surface area contributed by atoms with Crippen molar-refractivity contribution in [1.82, 2.24) is 4.57 Å². The number of imide groups is 1. The van der Waals surface area contributed by atoms with Gasteiger partial charge in [0.1, 0.15) is 17.5 Å². The monoisotopic (exact) mass is 685 g/mol. The second kappa shape index (κ2) is 11.4. The number of ether oxygens (including phenoxy) is 1. The molecule has 3 atom stereocenters. The molecule has 0 bridgehead atoms. The van der Waals surface area contributed by atoms with Gasteiger partial charge in [-0.2, -0.15) is 0 Å². The van der Waals surface area contributed by atoms with Crippen molar-refractivity contribution in [2.24, 2.45) is 5.92 Å². The Morgan fingerprint density at radius 2 is 1.68 bits per heavy atom. The van der Waals surface area contributed by atoms with Crippen LogP contribution in [0.1, 0.15) is 16.4 Å². The molecule has 1 fully saturated rings. The summed E-state index contributed by atoms with van der Waals surface area (Å²) in [6.07, 6.45) is 0. The molecular formula is C33H24BrN3O5S2. The average molecular weight is 687 g/mol. The van der Waals surface area contributed by atoms with Gasteiger partial charge < -0.3 is 10.1 Å². The lowest BCUT2D eigenvalue weighted by Gasteiger charge is -2.30. The first-order valence-corrected chi connectivity index (χ1v) is 16.3. The molecule has 0 spiro atoms. The number of halogens is 1. The Balaban J connectivity index is 1.25. The lowest BCUT2D eigenvalue weighted by atomic mass is 9.83. The SMILES string of the molecule is COc1ccc(N2C(=O)C3Sc4c(sc(=O)n4CC(=O)Nc4ccc5ccccc5c4)[C@H](c4cccc(Br)c4)C3C2=O)cc1. The first kappa shape index (κ1) is 28.6. The highest BCUT2D eigenvalue weighted by Gasteiger charge is 2.56. The van der Waals surface area contributed by atoms with Gasteiger partial charge in [-0.05, 0) is 64.9 Å². The minimum atomic E-state index is -0.773. The van der Waals surface area contributed by atoms with E-state index in [0.29, 0.717) is 27.0 Å². The molecule has 2 unspecified atom stereocenters. The van der Waals surface area contributed by atoms with E-state index in [2.05, 4.69) is 21.2 Å². The summed E-state index contributed by atoms with van der Waals surface area (Å²) in [6, 6.07) is 27.9. The molecule has 44 heavy (non-hydrogen) atoms. The number of hydrogen-bond donors (Lipinski definition) is 1. The minimum Gasteiger partial charge on any atom is -0.497 e. The molecular weight excluding hydrogens is 662 g/mol. The number of aromatic nitrogens is 1. The fourth-order valence-corrected chi connectivity index (χ4v) is 9.10. The van der Waals surface area contributed by atoms with E-state index in [0.717, 1.165) is 32.1 Å². The van der Waals surface area contributed by atoms with Crippen LogP contribution in [-0.2, 0) is 20.9 Å². The molecule has 3 amide bonds. The molecule has 1 aromatic heterocycles. The summed E-state index contributed by atoms with van der Waals surface area (Å²) in [5.74, 6) is -1.70. The van der Waals surface area contributed by atoms with E-state index in [1.54, 1.807) is 31.4 Å². The third-order valence-electron chi connectivity index (χ3n) is 7.92. The second-order valence-corrected chi connectivity index (χ2v) is 13.6. The normalized spacial score (nSPS) is 19.1. The van der Waals surface area contributed by atoms with Crippen LogP contribution in [0.3, 0.4) is 0 Å². The summed E-state index contributed by atoms with van der Waals surface area (Å²) >= 11 is 5.75. The average Bonchev–Trinajstić information content (AvgIpc) is 3.47. The predicted octanol–water partition coefficient (Wildman–Crippen LogP) is 6.27. The Kier molecular flexibility index (Phi) is 7.39. The topological polar surface area (TPSA) is 97.7 Å². The van der Waals surface area contributed by atoms with Crippen LogP contribution in [0.15, 0.2) is 105 Å². The van der Waals surface area contributed by atoms with Gasteiger partial charge in [-0.3, -0.25) is 23.7 Å². The number of methoxy groups -OCH3 is 1. The molecule has 5 aromatic rings. The largest absolute Gasteiger partial charge is 0.497 e. The van der Waals surface area contributed by atoms with Gasteiger partial charge in [0.05, 0.1) is 23.7 Å². The van der Waals surface area contributed by atoms with Crippen molar-refractivity contribution >= 4 is 78.9 Å². The van der Waals surface area contributed by atoms with Crippen LogP contribution >= 0.6 is 39.0 Å². The van der Waals surface area contributed by atoms with Gasteiger partial charge in [0, 0.05) is 21.0 Å². The van der Waals surface area contributed by atoms with Crippen molar-refractivity contribution < 1.29 is 19.1 Å². The Morgan fingerprint density at radius 3 is 2.43 bits per heavy atom. The van der Waals surface area contributed by atoms with Crippen molar-refractivity contribution in [2.45, 2.75) is 22.7 Å². The molecule has 220 valence electrons. The molecule has 8 nitrogen and oxygen atoms in total. The van der Waals surface area contributed by atoms with Gasteiger partial charge in [0.25, 0.3) is 0 Å². The molecule has 7 rings (SSSR count). The van der Waals surface area contributed by atoms with E-state index in [-0.39, 0.29) is 29.1 Å². The first-order valence-electron chi connectivity index (χ1n) is 13.8. The molecule has 1 saturated heterocycles. The summed E-state index contributed by atoms with van der Waals surface area (Å²) in [6.45, 7) is -0.225. The number of benzene rings is 4. The summed E-state index contributed by atoms with van der Waals surface area (Å²) in [4.78, 5) is 56.3. The van der Waals surface area contributed by atoms with Crippen LogP contribution in [0, 0.1) is 5.92 Å². The smallest absolute Gasteiger partial charge is 0.308 e. The fourth-order valence-electron chi connectivity index (χ4n) is 5.91. The van der Waals surface area contributed by atoms with Crippen LogP contribution in [-0.4, -0.2) is 34.6 Å². The Morgan fingerprint density at radius 1 is 0.909 bits per heavy atom. The summed E-state index contributed by atoms with van der Waals surface area (Å²) in [5.41, 5.74) is 1.89. The number of hydrogen-bond acceptors (Lipinski definition) is 7. The number of nitrogens with zero attached hydrogens (tertiary/aromatic N) is 2. The van der Waals surface area contributed by atoms with Crippen LogP contribution in [0.25, 0.3) is 10.8 Å². The Hall–Kier alpha value is -4.19. The zero-order valence-electron chi connectivity index (χ0n) is 23.2. The number of anilines is 2. The maximum absolute atomic E-state index is 14.1. The van der Waals surface area contributed by atoms with E-state index >= 15 is 0 Å². The number of nitrogens with one attached hydrogen (secondary N) is 1. The molecule has 4 aromatic carbocycles. The van der Waals surface area contributed by atoms with Gasteiger partial charge in [0.2, 0.25) is 17.7 Å². The number of amides is 3. The number of thioether (sulfide) groups is 1. The fraction of sp³-hybridized carbons (Fsp3) is 0.152. The van der Waals surface area contributed by atoms with Crippen molar-refractivity contribution in [1.29, 1.82) is 0 Å². The zero-order chi connectivity index (χ0) is 30.5. The highest BCUT2D eigenvalue weighted by atomic mass is 79.9. The van der Waals surface area contributed by atoms with Crippen LogP contribution in [0.5, 0.6) is 5.75 Å². The summed E-state index contributed by atoms with van der Waals surface area (Å²) < 4.78 is 7.49. The molecule has 0 radical (unpaired) electrons. The molecule has 2 aliphatic heterocycles. The molecule has 0 aliphatic carbocycles. The van der Waals surface area contributed by atoms with Crippen molar-refractivity contribution in [3.63, 3.8) is 0 Å².